The van der Waals surface area contributed by atoms with E-state index >= 15 is 0 Å². The average molecular weight is 324 g/mol. The van der Waals surface area contributed by atoms with E-state index in [-0.39, 0.29) is 28.9 Å². The Balaban J connectivity index is 1.81. The molecule has 0 aliphatic heterocycles. The molecule has 1 aromatic carbocycles. The first-order valence-corrected chi connectivity index (χ1v) is 8.22. The van der Waals surface area contributed by atoms with Crippen LogP contribution in [0.2, 0.25) is 0 Å². The van der Waals surface area contributed by atoms with E-state index in [2.05, 4.69) is 5.32 Å². The van der Waals surface area contributed by atoms with Crippen molar-refractivity contribution < 1.29 is 14.8 Å². The fourth-order valence-corrected chi connectivity index (χ4v) is 3.43. The second-order valence-corrected chi connectivity index (χ2v) is 6.93. The third-order valence-electron chi connectivity index (χ3n) is 3.89. The molecule has 0 aromatic heterocycles. The predicted molar refractivity (Wildman–Crippen MR) is 84.8 cm³/mol. The van der Waals surface area contributed by atoms with E-state index in [1.807, 2.05) is 0 Å². The molecule has 1 aliphatic carbocycles. The first-order valence-electron chi connectivity index (χ1n) is 7.34. The molecule has 120 valence electrons. The number of amides is 1. The van der Waals surface area contributed by atoms with Gasteiger partial charge in [-0.05, 0) is 31.9 Å². The lowest BCUT2D eigenvalue weighted by molar-refractivity contribution is -0.384. The Kier molecular flexibility index (Phi) is 5.79. The Bertz CT molecular complexity index is 535. The van der Waals surface area contributed by atoms with Gasteiger partial charge in [0.25, 0.3) is 5.69 Å². The number of carbonyl (C=O) groups excluding carboxylic acids is 1. The van der Waals surface area contributed by atoms with Crippen LogP contribution in [0.1, 0.15) is 26.2 Å². The number of benzene rings is 1. The lowest BCUT2D eigenvalue weighted by Crippen LogP contribution is -2.36. The second-order valence-electron chi connectivity index (χ2n) is 5.51. The Morgan fingerprint density at radius 1 is 1.45 bits per heavy atom. The fourth-order valence-electron chi connectivity index (χ4n) is 2.53. The van der Waals surface area contributed by atoms with Gasteiger partial charge in [-0.3, -0.25) is 14.9 Å². The third-order valence-corrected chi connectivity index (χ3v) is 5.00. The maximum atomic E-state index is 12.1. The van der Waals surface area contributed by atoms with Crippen molar-refractivity contribution in [2.45, 2.75) is 42.4 Å². The SMILES string of the molecule is C[C@H](Sc1ccc([N+](=O)[O-])cc1)C(=O)NC[C@@H]1CCC[C@H]1O. The molecule has 3 atom stereocenters. The Morgan fingerprint density at radius 3 is 2.68 bits per heavy atom. The number of nitro benzene ring substituents is 1. The van der Waals surface area contributed by atoms with Crippen LogP contribution >= 0.6 is 11.8 Å². The molecule has 22 heavy (non-hydrogen) atoms. The van der Waals surface area contributed by atoms with Crippen molar-refractivity contribution in [1.29, 1.82) is 0 Å². The zero-order valence-corrected chi connectivity index (χ0v) is 13.2. The van der Waals surface area contributed by atoms with E-state index in [1.54, 1.807) is 19.1 Å². The molecule has 1 fully saturated rings. The molecule has 1 amide bonds. The minimum Gasteiger partial charge on any atom is -0.393 e. The number of hydrogen-bond acceptors (Lipinski definition) is 5. The molecule has 0 saturated heterocycles. The Morgan fingerprint density at radius 2 is 2.14 bits per heavy atom. The number of aliphatic hydroxyl groups excluding tert-OH is 1. The molecule has 1 saturated carbocycles. The molecule has 1 aliphatic rings. The summed E-state index contributed by atoms with van der Waals surface area (Å²) in [5.74, 6) is 0.0722. The van der Waals surface area contributed by atoms with Gasteiger partial charge in [0.1, 0.15) is 0 Å². The largest absolute Gasteiger partial charge is 0.393 e. The summed E-state index contributed by atoms with van der Waals surface area (Å²) < 4.78 is 0. The molecule has 2 N–H and O–H groups in total. The summed E-state index contributed by atoms with van der Waals surface area (Å²) in [6.07, 6.45) is 2.46. The normalized spacial score (nSPS) is 22.3. The monoisotopic (exact) mass is 324 g/mol. The minimum atomic E-state index is -0.447. The number of carbonyl (C=O) groups is 1. The van der Waals surface area contributed by atoms with Crippen LogP contribution in [0, 0.1) is 16.0 Å². The number of aliphatic hydroxyl groups is 1. The van der Waals surface area contributed by atoms with E-state index in [1.165, 1.54) is 23.9 Å². The van der Waals surface area contributed by atoms with Crippen LogP contribution in [0.4, 0.5) is 5.69 Å². The van der Waals surface area contributed by atoms with Gasteiger partial charge in [-0.15, -0.1) is 11.8 Å². The van der Waals surface area contributed by atoms with Crippen LogP contribution < -0.4 is 5.32 Å². The van der Waals surface area contributed by atoms with Gasteiger partial charge in [0.15, 0.2) is 0 Å². The van der Waals surface area contributed by atoms with Crippen molar-refractivity contribution >= 4 is 23.4 Å². The van der Waals surface area contributed by atoms with Gasteiger partial charge in [0, 0.05) is 29.5 Å². The Labute approximate surface area is 133 Å². The van der Waals surface area contributed by atoms with Gasteiger partial charge in [0.05, 0.1) is 16.3 Å². The topological polar surface area (TPSA) is 92.5 Å². The molecule has 0 heterocycles. The summed E-state index contributed by atoms with van der Waals surface area (Å²) in [5, 5.41) is 22.9. The van der Waals surface area contributed by atoms with E-state index in [9.17, 15) is 20.0 Å². The average Bonchev–Trinajstić information content (AvgIpc) is 2.90. The standard InChI is InChI=1S/C15H20N2O4S/c1-10(15(19)16-9-11-3-2-4-14(11)18)22-13-7-5-12(6-8-13)17(20)21/h5-8,10-11,14,18H,2-4,9H2,1H3,(H,16,19)/t10-,11-,14+/m0/s1. The van der Waals surface area contributed by atoms with Crippen molar-refractivity contribution in [3.05, 3.63) is 34.4 Å². The van der Waals surface area contributed by atoms with Crippen LogP contribution in [0.25, 0.3) is 0 Å². The van der Waals surface area contributed by atoms with Gasteiger partial charge < -0.3 is 10.4 Å². The van der Waals surface area contributed by atoms with Crippen LogP contribution in [-0.4, -0.2) is 33.8 Å². The zero-order valence-electron chi connectivity index (χ0n) is 12.4. The zero-order chi connectivity index (χ0) is 16.1. The number of nitrogens with one attached hydrogen (secondary N) is 1. The molecule has 0 unspecified atom stereocenters. The highest BCUT2D eigenvalue weighted by Crippen LogP contribution is 2.27. The third kappa shape index (κ3) is 4.45. The lowest BCUT2D eigenvalue weighted by Gasteiger charge is -2.17. The summed E-state index contributed by atoms with van der Waals surface area (Å²) in [7, 11) is 0. The lowest BCUT2D eigenvalue weighted by atomic mass is 10.1. The number of thioether (sulfide) groups is 1. The smallest absolute Gasteiger partial charge is 0.269 e. The van der Waals surface area contributed by atoms with Gasteiger partial charge in [0.2, 0.25) is 5.91 Å². The fraction of sp³-hybridized carbons (Fsp3) is 0.533. The number of non-ortho nitro benzene ring substituents is 1. The number of rotatable bonds is 6. The molecule has 0 bridgehead atoms. The predicted octanol–water partition coefficient (Wildman–Crippen LogP) is 2.35. The summed E-state index contributed by atoms with van der Waals surface area (Å²) in [6.45, 7) is 2.30. The molecule has 0 spiro atoms. The number of hydrogen-bond donors (Lipinski definition) is 2. The molecular formula is C15H20N2O4S. The number of nitro groups is 1. The van der Waals surface area contributed by atoms with Crippen molar-refractivity contribution in [2.75, 3.05) is 6.54 Å². The van der Waals surface area contributed by atoms with Gasteiger partial charge in [-0.25, -0.2) is 0 Å². The van der Waals surface area contributed by atoms with Crippen molar-refractivity contribution in [3.63, 3.8) is 0 Å². The van der Waals surface area contributed by atoms with Crippen LogP contribution in [0.5, 0.6) is 0 Å². The van der Waals surface area contributed by atoms with Crippen molar-refractivity contribution in [3.8, 4) is 0 Å². The van der Waals surface area contributed by atoms with Crippen LogP contribution in [-0.2, 0) is 4.79 Å². The van der Waals surface area contributed by atoms with E-state index in [0.29, 0.717) is 6.54 Å². The van der Waals surface area contributed by atoms with Crippen molar-refractivity contribution in [1.82, 2.24) is 5.32 Å². The number of nitrogens with zero attached hydrogens (tertiary/aromatic N) is 1. The van der Waals surface area contributed by atoms with Gasteiger partial charge in [-0.1, -0.05) is 6.42 Å². The van der Waals surface area contributed by atoms with Crippen LogP contribution in [0.15, 0.2) is 29.2 Å². The highest BCUT2D eigenvalue weighted by atomic mass is 32.2. The first-order chi connectivity index (χ1) is 10.5. The molecular weight excluding hydrogens is 304 g/mol. The highest BCUT2D eigenvalue weighted by Gasteiger charge is 2.26. The van der Waals surface area contributed by atoms with Crippen molar-refractivity contribution in [2.24, 2.45) is 5.92 Å². The minimum absolute atomic E-state index is 0.0386. The van der Waals surface area contributed by atoms with Gasteiger partial charge >= 0.3 is 0 Å². The Hall–Kier alpha value is -1.60. The van der Waals surface area contributed by atoms with Gasteiger partial charge in [-0.2, -0.15) is 0 Å². The summed E-state index contributed by atoms with van der Waals surface area (Å²) in [4.78, 5) is 23.0. The highest BCUT2D eigenvalue weighted by molar-refractivity contribution is 8.00. The molecule has 7 heteroatoms. The van der Waals surface area contributed by atoms with E-state index < -0.39 is 4.92 Å². The summed E-state index contributed by atoms with van der Waals surface area (Å²) in [6, 6.07) is 6.16. The first kappa shape index (κ1) is 16.8. The molecule has 1 aromatic rings. The maximum Gasteiger partial charge on any atom is 0.269 e. The van der Waals surface area contributed by atoms with E-state index in [0.717, 1.165) is 24.2 Å². The maximum absolute atomic E-state index is 12.1. The second kappa shape index (κ2) is 7.60. The molecule has 2 rings (SSSR count). The summed E-state index contributed by atoms with van der Waals surface area (Å²) >= 11 is 1.36. The molecule has 6 nitrogen and oxygen atoms in total. The molecule has 0 radical (unpaired) electrons. The quantitative estimate of drug-likeness (QED) is 0.476. The summed E-state index contributed by atoms with van der Waals surface area (Å²) in [5.41, 5.74) is 0.0386. The van der Waals surface area contributed by atoms with Crippen LogP contribution in [0.3, 0.4) is 0 Å². The van der Waals surface area contributed by atoms with E-state index in [4.69, 9.17) is 0 Å².